The van der Waals surface area contributed by atoms with Crippen LogP contribution in [0, 0.1) is 11.3 Å². The van der Waals surface area contributed by atoms with Crippen molar-refractivity contribution in [1.29, 1.82) is 5.26 Å². The van der Waals surface area contributed by atoms with Crippen LogP contribution in [0.25, 0.3) is 0 Å². The van der Waals surface area contributed by atoms with Crippen molar-refractivity contribution < 1.29 is 9.47 Å². The number of nitrogens with zero attached hydrogens (tertiary/aromatic N) is 1. The van der Waals surface area contributed by atoms with Crippen LogP contribution in [0.1, 0.15) is 18.4 Å². The molecule has 0 aliphatic carbocycles. The van der Waals surface area contributed by atoms with Crippen LogP contribution in [0.3, 0.4) is 0 Å². The first-order valence-electron chi connectivity index (χ1n) is 6.42. The van der Waals surface area contributed by atoms with E-state index in [2.05, 4.69) is 27.3 Å². The zero-order valence-electron chi connectivity index (χ0n) is 10.7. The zero-order valence-corrected chi connectivity index (χ0v) is 12.3. The molecule has 102 valence electrons. The topological polar surface area (TPSA) is 54.3 Å². The fourth-order valence-electron chi connectivity index (χ4n) is 1.95. The first kappa shape index (κ1) is 14.3. The molecule has 0 spiro atoms. The van der Waals surface area contributed by atoms with Gasteiger partial charge in [0.15, 0.2) is 0 Å². The second-order valence-electron chi connectivity index (χ2n) is 4.44. The van der Waals surface area contributed by atoms with Crippen LogP contribution in [0.2, 0.25) is 0 Å². The van der Waals surface area contributed by atoms with Gasteiger partial charge in [-0.1, -0.05) is 15.9 Å². The lowest BCUT2D eigenvalue weighted by atomic mass is 10.2. The predicted molar refractivity (Wildman–Crippen MR) is 77.1 cm³/mol. The van der Waals surface area contributed by atoms with E-state index < -0.39 is 0 Å². The monoisotopic (exact) mass is 324 g/mol. The Morgan fingerprint density at radius 1 is 1.53 bits per heavy atom. The molecule has 4 nitrogen and oxygen atoms in total. The van der Waals surface area contributed by atoms with Crippen LogP contribution in [-0.4, -0.2) is 32.5 Å². The van der Waals surface area contributed by atoms with Gasteiger partial charge in [0.2, 0.25) is 0 Å². The van der Waals surface area contributed by atoms with E-state index in [1.54, 1.807) is 0 Å². The summed E-state index contributed by atoms with van der Waals surface area (Å²) in [5.41, 5.74) is 1.52. The summed E-state index contributed by atoms with van der Waals surface area (Å²) in [7, 11) is 0. The van der Waals surface area contributed by atoms with Gasteiger partial charge in [-0.2, -0.15) is 5.26 Å². The van der Waals surface area contributed by atoms with Crippen molar-refractivity contribution in [1.82, 2.24) is 0 Å². The summed E-state index contributed by atoms with van der Waals surface area (Å²) in [5, 5.41) is 12.3. The molecule has 0 bridgehead atoms. The summed E-state index contributed by atoms with van der Waals surface area (Å²) in [6.45, 7) is 3.05. The van der Waals surface area contributed by atoms with Crippen molar-refractivity contribution in [3.8, 4) is 6.07 Å². The van der Waals surface area contributed by atoms with Gasteiger partial charge in [-0.15, -0.1) is 0 Å². The van der Waals surface area contributed by atoms with Gasteiger partial charge in [0.05, 0.1) is 24.0 Å². The Bertz CT molecular complexity index is 453. The molecule has 0 aromatic heterocycles. The number of rotatable bonds is 6. The van der Waals surface area contributed by atoms with Crippen molar-refractivity contribution in [3.63, 3.8) is 0 Å². The van der Waals surface area contributed by atoms with Gasteiger partial charge in [0, 0.05) is 24.2 Å². The molecule has 0 amide bonds. The van der Waals surface area contributed by atoms with Crippen molar-refractivity contribution in [2.75, 3.05) is 31.7 Å². The van der Waals surface area contributed by atoms with Crippen molar-refractivity contribution >= 4 is 21.6 Å². The zero-order chi connectivity index (χ0) is 13.5. The minimum atomic E-state index is 0.266. The second-order valence-corrected chi connectivity index (χ2v) is 5.35. The highest BCUT2D eigenvalue weighted by molar-refractivity contribution is 9.10. The summed E-state index contributed by atoms with van der Waals surface area (Å²) < 4.78 is 11.8. The van der Waals surface area contributed by atoms with E-state index in [0.717, 1.165) is 49.4 Å². The fraction of sp³-hybridized carbons (Fsp3) is 0.500. The average Bonchev–Trinajstić information content (AvgIpc) is 2.93. The molecule has 1 aliphatic heterocycles. The molecular formula is C14H17BrN2O2. The Labute approximate surface area is 121 Å². The van der Waals surface area contributed by atoms with Gasteiger partial charge in [-0.25, -0.2) is 0 Å². The van der Waals surface area contributed by atoms with E-state index in [0.29, 0.717) is 5.56 Å². The van der Waals surface area contributed by atoms with Gasteiger partial charge in [0.1, 0.15) is 6.07 Å². The van der Waals surface area contributed by atoms with Crippen LogP contribution in [0.4, 0.5) is 5.69 Å². The molecule has 5 heteroatoms. The number of anilines is 1. The third-order valence-corrected chi connectivity index (χ3v) is 3.47. The smallest absolute Gasteiger partial charge is 0.101 e. The molecule has 1 N–H and O–H groups in total. The molecule has 0 saturated carbocycles. The number of benzene rings is 1. The number of nitrogens with one attached hydrogen (secondary N) is 1. The van der Waals surface area contributed by atoms with Crippen LogP contribution >= 0.6 is 15.9 Å². The van der Waals surface area contributed by atoms with E-state index in [1.807, 2.05) is 18.2 Å². The third kappa shape index (κ3) is 4.50. The summed E-state index contributed by atoms with van der Waals surface area (Å²) in [6.07, 6.45) is 2.18. The Balaban J connectivity index is 1.69. The van der Waals surface area contributed by atoms with Gasteiger partial charge in [-0.3, -0.25) is 0 Å². The van der Waals surface area contributed by atoms with E-state index >= 15 is 0 Å². The highest BCUT2D eigenvalue weighted by Crippen LogP contribution is 2.20. The fourth-order valence-corrected chi connectivity index (χ4v) is 2.31. The van der Waals surface area contributed by atoms with Crippen LogP contribution < -0.4 is 5.32 Å². The number of ether oxygens (including phenoxy) is 2. The lowest BCUT2D eigenvalue weighted by Gasteiger charge is -2.11. The summed E-state index contributed by atoms with van der Waals surface area (Å²) in [5.74, 6) is 0. The third-order valence-electron chi connectivity index (χ3n) is 2.98. The largest absolute Gasteiger partial charge is 0.384 e. The van der Waals surface area contributed by atoms with E-state index in [4.69, 9.17) is 14.7 Å². The average molecular weight is 325 g/mol. The standard InChI is InChI=1S/C14H17BrN2O2/c15-12-2-3-14(11(8-12)9-16)17-5-1-6-19-13-4-7-18-10-13/h2-3,8,13,17H,1,4-7,10H2. The van der Waals surface area contributed by atoms with Crippen LogP contribution in [-0.2, 0) is 9.47 Å². The molecule has 1 atom stereocenters. The number of hydrogen-bond donors (Lipinski definition) is 1. The molecular weight excluding hydrogens is 308 g/mol. The quantitative estimate of drug-likeness (QED) is 0.817. The molecule has 1 heterocycles. The molecule has 1 fully saturated rings. The Morgan fingerprint density at radius 2 is 2.42 bits per heavy atom. The van der Waals surface area contributed by atoms with Gasteiger partial charge in [0.25, 0.3) is 0 Å². The molecule has 2 rings (SSSR count). The molecule has 0 radical (unpaired) electrons. The number of hydrogen-bond acceptors (Lipinski definition) is 4. The van der Waals surface area contributed by atoms with Crippen LogP contribution in [0.5, 0.6) is 0 Å². The lowest BCUT2D eigenvalue weighted by molar-refractivity contribution is 0.0427. The Morgan fingerprint density at radius 3 is 3.16 bits per heavy atom. The molecule has 19 heavy (non-hydrogen) atoms. The Kier molecular flexibility index (Phi) is 5.64. The minimum Gasteiger partial charge on any atom is -0.384 e. The van der Waals surface area contributed by atoms with Crippen molar-refractivity contribution in [2.45, 2.75) is 18.9 Å². The summed E-state index contributed by atoms with van der Waals surface area (Å²) in [6, 6.07) is 7.83. The number of nitriles is 1. The Hall–Kier alpha value is -1.09. The molecule has 1 aromatic rings. The highest BCUT2D eigenvalue weighted by Gasteiger charge is 2.15. The maximum atomic E-state index is 9.04. The SMILES string of the molecule is N#Cc1cc(Br)ccc1NCCCOC1CCOC1. The normalized spacial score (nSPS) is 18.2. The molecule has 1 unspecified atom stereocenters. The first-order valence-corrected chi connectivity index (χ1v) is 7.22. The van der Waals surface area contributed by atoms with Crippen molar-refractivity contribution in [2.24, 2.45) is 0 Å². The number of halogens is 1. The summed E-state index contributed by atoms with van der Waals surface area (Å²) >= 11 is 3.36. The molecule has 1 saturated heterocycles. The van der Waals surface area contributed by atoms with Crippen LogP contribution in [0.15, 0.2) is 22.7 Å². The van der Waals surface area contributed by atoms with Gasteiger partial charge in [-0.05, 0) is 31.0 Å². The van der Waals surface area contributed by atoms with Gasteiger partial charge < -0.3 is 14.8 Å². The highest BCUT2D eigenvalue weighted by atomic mass is 79.9. The first-order chi connectivity index (χ1) is 9.29. The lowest BCUT2D eigenvalue weighted by Crippen LogP contribution is -2.15. The maximum absolute atomic E-state index is 9.04. The maximum Gasteiger partial charge on any atom is 0.101 e. The van der Waals surface area contributed by atoms with E-state index in [9.17, 15) is 0 Å². The van der Waals surface area contributed by atoms with E-state index in [-0.39, 0.29) is 6.10 Å². The molecule has 1 aromatic carbocycles. The molecule has 1 aliphatic rings. The second kappa shape index (κ2) is 7.49. The van der Waals surface area contributed by atoms with E-state index in [1.165, 1.54) is 0 Å². The van der Waals surface area contributed by atoms with Crippen molar-refractivity contribution in [3.05, 3.63) is 28.2 Å². The van der Waals surface area contributed by atoms with Gasteiger partial charge >= 0.3 is 0 Å². The summed E-state index contributed by atoms with van der Waals surface area (Å²) in [4.78, 5) is 0. The predicted octanol–water partition coefficient (Wildman–Crippen LogP) is 2.93. The minimum absolute atomic E-state index is 0.266.